The Kier molecular flexibility index (Phi) is 6.35. The summed E-state index contributed by atoms with van der Waals surface area (Å²) >= 11 is 5.77. The fourth-order valence-corrected chi connectivity index (χ4v) is 3.51. The third-order valence-corrected chi connectivity index (χ3v) is 5.10. The standard InChI is InChI=1S/C24H24N2O3S/c1-2-27-21-11-8-19(9-12-21)16-26(15-18-6-4-3-5-7-18)24(30)25-20-10-13-22-23(14-20)29-17-28-22/h3-14H,2,15-17H2,1H3,(H,25,30). The summed E-state index contributed by atoms with van der Waals surface area (Å²) < 4.78 is 16.4. The minimum atomic E-state index is 0.251. The lowest BCUT2D eigenvalue weighted by Gasteiger charge is -2.26. The highest BCUT2D eigenvalue weighted by Gasteiger charge is 2.16. The van der Waals surface area contributed by atoms with Gasteiger partial charge in [-0.15, -0.1) is 0 Å². The van der Waals surface area contributed by atoms with Gasteiger partial charge in [0.1, 0.15) is 5.75 Å². The van der Waals surface area contributed by atoms with Crippen LogP contribution in [0.5, 0.6) is 17.2 Å². The number of ether oxygens (including phenoxy) is 3. The third kappa shape index (κ3) is 5.02. The lowest BCUT2D eigenvalue weighted by molar-refractivity contribution is 0.174. The number of benzene rings is 3. The first kappa shape index (κ1) is 20.0. The molecule has 0 fully saturated rings. The maximum Gasteiger partial charge on any atom is 0.231 e. The van der Waals surface area contributed by atoms with E-state index in [2.05, 4.69) is 34.5 Å². The summed E-state index contributed by atoms with van der Waals surface area (Å²) in [5.41, 5.74) is 3.22. The van der Waals surface area contributed by atoms with Crippen LogP contribution in [-0.4, -0.2) is 23.4 Å². The molecular formula is C24H24N2O3S. The van der Waals surface area contributed by atoms with Crippen LogP contribution < -0.4 is 19.5 Å². The van der Waals surface area contributed by atoms with Gasteiger partial charge in [-0.25, -0.2) is 0 Å². The summed E-state index contributed by atoms with van der Waals surface area (Å²) in [6.07, 6.45) is 0. The monoisotopic (exact) mass is 420 g/mol. The number of thiocarbonyl (C=S) groups is 1. The molecule has 154 valence electrons. The molecule has 0 amide bonds. The largest absolute Gasteiger partial charge is 0.494 e. The van der Waals surface area contributed by atoms with Crippen LogP contribution in [0.15, 0.2) is 72.8 Å². The molecule has 1 aliphatic rings. The summed E-state index contributed by atoms with van der Waals surface area (Å²) in [4.78, 5) is 2.14. The van der Waals surface area contributed by atoms with Crippen LogP contribution in [0.4, 0.5) is 5.69 Å². The van der Waals surface area contributed by atoms with Crippen molar-refractivity contribution in [2.45, 2.75) is 20.0 Å². The first-order valence-electron chi connectivity index (χ1n) is 9.92. The number of anilines is 1. The number of hydrogen-bond acceptors (Lipinski definition) is 4. The maximum atomic E-state index is 5.77. The Morgan fingerprint density at radius 1 is 0.933 bits per heavy atom. The van der Waals surface area contributed by atoms with E-state index in [0.717, 1.165) is 28.5 Å². The first-order chi connectivity index (χ1) is 14.7. The zero-order valence-corrected chi connectivity index (χ0v) is 17.7. The number of rotatable bonds is 7. The zero-order valence-electron chi connectivity index (χ0n) is 16.8. The van der Waals surface area contributed by atoms with Crippen molar-refractivity contribution in [3.05, 3.63) is 83.9 Å². The van der Waals surface area contributed by atoms with Crippen LogP contribution in [0.3, 0.4) is 0 Å². The van der Waals surface area contributed by atoms with Crippen LogP contribution >= 0.6 is 12.2 Å². The van der Waals surface area contributed by atoms with Gasteiger partial charge in [-0.05, 0) is 54.5 Å². The fourth-order valence-electron chi connectivity index (χ4n) is 3.26. The van der Waals surface area contributed by atoms with Gasteiger partial charge in [0.25, 0.3) is 0 Å². The van der Waals surface area contributed by atoms with Crippen molar-refractivity contribution >= 4 is 23.0 Å². The average Bonchev–Trinajstić information content (AvgIpc) is 3.23. The second-order valence-electron chi connectivity index (χ2n) is 6.92. The molecule has 0 unspecified atom stereocenters. The van der Waals surface area contributed by atoms with Gasteiger partial charge in [0.2, 0.25) is 6.79 Å². The molecular weight excluding hydrogens is 396 g/mol. The van der Waals surface area contributed by atoms with Gasteiger partial charge in [-0.3, -0.25) is 0 Å². The van der Waals surface area contributed by atoms with E-state index in [1.165, 1.54) is 5.56 Å². The van der Waals surface area contributed by atoms with Crippen LogP contribution in [0, 0.1) is 0 Å². The van der Waals surface area contributed by atoms with E-state index in [0.29, 0.717) is 24.8 Å². The number of nitrogens with one attached hydrogen (secondary N) is 1. The molecule has 3 aromatic rings. The van der Waals surface area contributed by atoms with Crippen molar-refractivity contribution in [3.63, 3.8) is 0 Å². The summed E-state index contributed by atoms with van der Waals surface area (Å²) in [5.74, 6) is 2.35. The molecule has 0 spiro atoms. The second-order valence-corrected chi connectivity index (χ2v) is 7.30. The maximum absolute atomic E-state index is 5.77. The lowest BCUT2D eigenvalue weighted by Crippen LogP contribution is -2.33. The summed E-state index contributed by atoms with van der Waals surface area (Å²) in [7, 11) is 0. The molecule has 1 aliphatic heterocycles. The van der Waals surface area contributed by atoms with Crippen molar-refractivity contribution < 1.29 is 14.2 Å². The van der Waals surface area contributed by atoms with E-state index in [4.69, 9.17) is 26.4 Å². The first-order valence-corrected chi connectivity index (χ1v) is 10.3. The van der Waals surface area contributed by atoms with Crippen molar-refractivity contribution in [3.8, 4) is 17.2 Å². The van der Waals surface area contributed by atoms with Crippen LogP contribution in [0.25, 0.3) is 0 Å². The van der Waals surface area contributed by atoms with Gasteiger partial charge in [0.15, 0.2) is 16.6 Å². The molecule has 0 aliphatic carbocycles. The van der Waals surface area contributed by atoms with Gasteiger partial charge in [0, 0.05) is 24.8 Å². The minimum absolute atomic E-state index is 0.251. The minimum Gasteiger partial charge on any atom is -0.494 e. The smallest absolute Gasteiger partial charge is 0.231 e. The number of nitrogens with zero attached hydrogens (tertiary/aromatic N) is 1. The highest BCUT2D eigenvalue weighted by atomic mass is 32.1. The predicted molar refractivity (Wildman–Crippen MR) is 122 cm³/mol. The molecule has 0 radical (unpaired) electrons. The Morgan fingerprint density at radius 2 is 1.63 bits per heavy atom. The van der Waals surface area contributed by atoms with Gasteiger partial charge in [-0.2, -0.15) is 0 Å². The summed E-state index contributed by atoms with van der Waals surface area (Å²) in [5, 5.41) is 3.99. The zero-order chi connectivity index (χ0) is 20.8. The van der Waals surface area contributed by atoms with Gasteiger partial charge < -0.3 is 24.4 Å². The van der Waals surface area contributed by atoms with E-state index in [9.17, 15) is 0 Å². The number of hydrogen-bond donors (Lipinski definition) is 1. The molecule has 0 saturated heterocycles. The van der Waals surface area contributed by atoms with Crippen molar-refractivity contribution in [2.24, 2.45) is 0 Å². The van der Waals surface area contributed by atoms with Gasteiger partial charge >= 0.3 is 0 Å². The Bertz CT molecular complexity index is 993. The highest BCUT2D eigenvalue weighted by Crippen LogP contribution is 2.34. The molecule has 4 rings (SSSR count). The predicted octanol–water partition coefficient (Wildman–Crippen LogP) is 5.21. The molecule has 0 atom stereocenters. The Hall–Kier alpha value is -3.25. The number of fused-ring (bicyclic) bond motifs is 1. The quantitative estimate of drug-likeness (QED) is 0.529. The second kappa shape index (κ2) is 9.50. The molecule has 6 heteroatoms. The molecule has 1 N–H and O–H groups in total. The molecule has 0 saturated carbocycles. The van der Waals surface area contributed by atoms with Gasteiger partial charge in [-0.1, -0.05) is 42.5 Å². The van der Waals surface area contributed by atoms with Crippen LogP contribution in [0.2, 0.25) is 0 Å². The topological polar surface area (TPSA) is 43.0 Å². The Balaban J connectivity index is 1.50. The normalized spacial score (nSPS) is 11.8. The molecule has 0 bridgehead atoms. The molecule has 3 aromatic carbocycles. The van der Waals surface area contributed by atoms with Crippen molar-refractivity contribution in [1.29, 1.82) is 0 Å². The van der Waals surface area contributed by atoms with E-state index < -0.39 is 0 Å². The van der Waals surface area contributed by atoms with E-state index >= 15 is 0 Å². The fraction of sp³-hybridized carbons (Fsp3) is 0.208. The van der Waals surface area contributed by atoms with E-state index in [1.807, 2.05) is 55.5 Å². The molecule has 0 aromatic heterocycles. The SMILES string of the molecule is CCOc1ccc(CN(Cc2ccccc2)C(=S)Nc2ccc3c(c2)OCO3)cc1. The molecule has 30 heavy (non-hydrogen) atoms. The van der Waals surface area contributed by atoms with Crippen LogP contribution in [-0.2, 0) is 13.1 Å². The van der Waals surface area contributed by atoms with Crippen molar-refractivity contribution in [2.75, 3.05) is 18.7 Å². The summed E-state index contributed by atoms with van der Waals surface area (Å²) in [6, 6.07) is 24.2. The summed E-state index contributed by atoms with van der Waals surface area (Å²) in [6.45, 7) is 4.27. The average molecular weight is 421 g/mol. The van der Waals surface area contributed by atoms with Crippen LogP contribution in [0.1, 0.15) is 18.1 Å². The Labute approximate surface area is 182 Å². The molecule has 1 heterocycles. The van der Waals surface area contributed by atoms with Crippen molar-refractivity contribution in [1.82, 2.24) is 4.90 Å². The molecule has 5 nitrogen and oxygen atoms in total. The van der Waals surface area contributed by atoms with E-state index in [1.54, 1.807) is 0 Å². The van der Waals surface area contributed by atoms with E-state index in [-0.39, 0.29) is 6.79 Å². The third-order valence-electron chi connectivity index (χ3n) is 4.74. The Morgan fingerprint density at radius 3 is 2.37 bits per heavy atom. The lowest BCUT2D eigenvalue weighted by atomic mass is 10.1. The van der Waals surface area contributed by atoms with Gasteiger partial charge in [0.05, 0.1) is 6.61 Å². The highest BCUT2D eigenvalue weighted by molar-refractivity contribution is 7.80.